The summed E-state index contributed by atoms with van der Waals surface area (Å²) in [7, 11) is -3.42. The Morgan fingerprint density at radius 2 is 2.32 bits per heavy atom. The van der Waals surface area contributed by atoms with E-state index in [0.717, 1.165) is 11.5 Å². The second kappa shape index (κ2) is 5.13. The molecule has 104 valence electrons. The molecule has 1 atom stereocenters. The van der Waals surface area contributed by atoms with Gasteiger partial charge in [-0.25, -0.2) is 13.4 Å². The molecule has 0 aliphatic heterocycles. The Kier molecular flexibility index (Phi) is 3.71. The van der Waals surface area contributed by atoms with Gasteiger partial charge in [0.1, 0.15) is 22.0 Å². The largest absolute Gasteiger partial charge is 0.382 e. The van der Waals surface area contributed by atoms with Crippen molar-refractivity contribution in [1.29, 1.82) is 0 Å². The molecule has 0 aliphatic carbocycles. The fourth-order valence-corrected chi connectivity index (χ4v) is 3.76. The third kappa shape index (κ3) is 2.68. The van der Waals surface area contributed by atoms with Crippen LogP contribution in [0, 0.1) is 0 Å². The van der Waals surface area contributed by atoms with Crippen LogP contribution in [-0.4, -0.2) is 33.7 Å². The first kappa shape index (κ1) is 13.7. The van der Waals surface area contributed by atoms with Gasteiger partial charge in [-0.1, -0.05) is 6.92 Å². The zero-order valence-corrected chi connectivity index (χ0v) is 12.0. The van der Waals surface area contributed by atoms with Gasteiger partial charge < -0.3 is 11.1 Å². The molecule has 0 bridgehead atoms. The highest BCUT2D eigenvalue weighted by Gasteiger charge is 2.25. The lowest BCUT2D eigenvalue weighted by Crippen LogP contribution is -2.12. The van der Waals surface area contributed by atoms with E-state index in [9.17, 15) is 8.42 Å². The molecular weight excluding hydrogens is 288 g/mol. The fourth-order valence-electron chi connectivity index (χ4n) is 1.52. The van der Waals surface area contributed by atoms with E-state index in [1.54, 1.807) is 6.92 Å². The van der Waals surface area contributed by atoms with Gasteiger partial charge in [0.2, 0.25) is 0 Å². The average molecular weight is 302 g/mol. The molecule has 8 nitrogen and oxygen atoms in total. The summed E-state index contributed by atoms with van der Waals surface area (Å²) < 4.78 is 27.9. The van der Waals surface area contributed by atoms with E-state index in [1.165, 1.54) is 6.33 Å². The minimum absolute atomic E-state index is 0.0268. The molecule has 0 fully saturated rings. The molecule has 1 unspecified atom stereocenters. The lowest BCUT2D eigenvalue weighted by Gasteiger charge is -2.12. The number of hydrogen-bond donors (Lipinski definition) is 3. The predicted molar refractivity (Wildman–Crippen MR) is 72.7 cm³/mol. The quantitative estimate of drug-likeness (QED) is 0.745. The standard InChI is InChI=1S/C9H14N6O2S2/c1-3-19(16,17)6-7(10)15-18-9(6)13-5(2)8-11-4-12-14-8/h4-5,13H,3H2,1-2H3,(H2,10,15)(H,11,12,14). The summed E-state index contributed by atoms with van der Waals surface area (Å²) in [5.74, 6) is 0.604. The summed E-state index contributed by atoms with van der Waals surface area (Å²) in [6.45, 7) is 3.40. The molecule has 0 aromatic carbocycles. The SMILES string of the molecule is CCS(=O)(=O)c1c(N)nsc1NC(C)c1ncn[nH]1. The Bertz CT molecular complexity index is 648. The molecule has 2 aromatic heterocycles. The van der Waals surface area contributed by atoms with Crippen molar-refractivity contribution in [2.75, 3.05) is 16.8 Å². The van der Waals surface area contributed by atoms with Crippen LogP contribution in [0.1, 0.15) is 25.7 Å². The highest BCUT2D eigenvalue weighted by Crippen LogP contribution is 2.34. The first-order chi connectivity index (χ1) is 8.95. The van der Waals surface area contributed by atoms with E-state index >= 15 is 0 Å². The number of nitrogens with two attached hydrogens (primary N) is 1. The average Bonchev–Trinajstić information content (AvgIpc) is 2.99. The van der Waals surface area contributed by atoms with Crippen molar-refractivity contribution in [3.63, 3.8) is 0 Å². The minimum Gasteiger partial charge on any atom is -0.382 e. The molecule has 0 radical (unpaired) electrons. The lowest BCUT2D eigenvalue weighted by atomic mass is 10.3. The Morgan fingerprint density at radius 1 is 1.58 bits per heavy atom. The number of H-pyrrole nitrogens is 1. The maximum atomic E-state index is 12.0. The van der Waals surface area contributed by atoms with Gasteiger partial charge in [-0.15, -0.1) is 0 Å². The molecular formula is C9H14N6O2S2. The number of aromatic nitrogens is 4. The highest BCUT2D eigenvalue weighted by atomic mass is 32.2. The van der Waals surface area contributed by atoms with Gasteiger partial charge in [0.15, 0.2) is 15.7 Å². The van der Waals surface area contributed by atoms with Crippen molar-refractivity contribution in [3.8, 4) is 0 Å². The van der Waals surface area contributed by atoms with Crippen LogP contribution in [0.5, 0.6) is 0 Å². The molecule has 0 amide bonds. The second-order valence-corrected chi connectivity index (χ2v) is 6.85. The molecule has 10 heteroatoms. The first-order valence-electron chi connectivity index (χ1n) is 5.55. The number of aromatic amines is 1. The zero-order chi connectivity index (χ0) is 14.0. The normalized spacial score (nSPS) is 13.4. The third-order valence-corrected chi connectivity index (χ3v) is 5.27. The van der Waals surface area contributed by atoms with E-state index < -0.39 is 9.84 Å². The van der Waals surface area contributed by atoms with Crippen molar-refractivity contribution in [2.45, 2.75) is 24.8 Å². The van der Waals surface area contributed by atoms with Crippen LogP contribution in [-0.2, 0) is 9.84 Å². The monoisotopic (exact) mass is 302 g/mol. The van der Waals surface area contributed by atoms with Gasteiger partial charge in [0, 0.05) is 0 Å². The molecule has 0 saturated heterocycles. The maximum Gasteiger partial charge on any atom is 0.184 e. The number of nitrogens with zero attached hydrogens (tertiary/aromatic N) is 3. The molecule has 4 N–H and O–H groups in total. The Labute approximate surface area is 114 Å². The van der Waals surface area contributed by atoms with Crippen LogP contribution >= 0.6 is 11.5 Å². The number of hydrogen-bond acceptors (Lipinski definition) is 8. The number of nitrogen functional groups attached to an aromatic ring is 1. The minimum atomic E-state index is -3.42. The highest BCUT2D eigenvalue weighted by molar-refractivity contribution is 7.91. The van der Waals surface area contributed by atoms with Crippen LogP contribution in [0.4, 0.5) is 10.8 Å². The Balaban J connectivity index is 2.32. The van der Waals surface area contributed by atoms with Crippen LogP contribution in [0.15, 0.2) is 11.2 Å². The summed E-state index contributed by atoms with van der Waals surface area (Å²) >= 11 is 1.02. The van der Waals surface area contributed by atoms with E-state index in [4.69, 9.17) is 5.73 Å². The first-order valence-corrected chi connectivity index (χ1v) is 7.98. The Hall–Kier alpha value is -1.68. The van der Waals surface area contributed by atoms with Crippen LogP contribution < -0.4 is 11.1 Å². The van der Waals surface area contributed by atoms with E-state index in [0.29, 0.717) is 10.8 Å². The van der Waals surface area contributed by atoms with E-state index in [1.807, 2.05) is 6.92 Å². The summed E-state index contributed by atoms with van der Waals surface area (Å²) in [5.41, 5.74) is 5.64. The second-order valence-electron chi connectivity index (χ2n) is 3.87. The van der Waals surface area contributed by atoms with Gasteiger partial charge in [-0.2, -0.15) is 9.47 Å². The van der Waals surface area contributed by atoms with E-state index in [2.05, 4.69) is 24.9 Å². The molecule has 19 heavy (non-hydrogen) atoms. The number of anilines is 2. The topological polar surface area (TPSA) is 127 Å². The smallest absolute Gasteiger partial charge is 0.184 e. The maximum absolute atomic E-state index is 12.0. The van der Waals surface area contributed by atoms with Gasteiger partial charge in [0.25, 0.3) is 0 Å². The summed E-state index contributed by atoms with van der Waals surface area (Å²) in [4.78, 5) is 4.07. The molecule has 2 aromatic rings. The zero-order valence-electron chi connectivity index (χ0n) is 10.4. The van der Waals surface area contributed by atoms with Gasteiger partial charge in [0.05, 0.1) is 11.8 Å². The van der Waals surface area contributed by atoms with Crippen LogP contribution in [0.3, 0.4) is 0 Å². The van der Waals surface area contributed by atoms with Gasteiger partial charge in [-0.05, 0) is 18.5 Å². The van der Waals surface area contributed by atoms with Gasteiger partial charge in [-0.3, -0.25) is 5.10 Å². The lowest BCUT2D eigenvalue weighted by molar-refractivity contribution is 0.598. The van der Waals surface area contributed by atoms with Crippen molar-refractivity contribution in [3.05, 3.63) is 12.2 Å². The fraction of sp³-hybridized carbons (Fsp3) is 0.444. The third-order valence-electron chi connectivity index (χ3n) is 2.56. The molecule has 0 spiro atoms. The summed E-state index contributed by atoms with van der Waals surface area (Å²) in [6, 6.07) is -0.229. The number of sulfone groups is 1. The van der Waals surface area contributed by atoms with Crippen molar-refractivity contribution in [2.24, 2.45) is 0 Å². The summed E-state index contributed by atoms with van der Waals surface area (Å²) in [5, 5.41) is 9.92. The van der Waals surface area contributed by atoms with Crippen LogP contribution in [0.25, 0.3) is 0 Å². The molecule has 2 rings (SSSR count). The molecule has 0 aliphatic rings. The summed E-state index contributed by atoms with van der Waals surface area (Å²) in [6.07, 6.45) is 1.39. The van der Waals surface area contributed by atoms with E-state index in [-0.39, 0.29) is 22.5 Å². The number of nitrogens with one attached hydrogen (secondary N) is 2. The number of rotatable bonds is 5. The predicted octanol–water partition coefficient (Wildman–Crippen LogP) is 0.810. The van der Waals surface area contributed by atoms with Crippen molar-refractivity contribution < 1.29 is 8.42 Å². The van der Waals surface area contributed by atoms with Crippen molar-refractivity contribution in [1.82, 2.24) is 19.6 Å². The van der Waals surface area contributed by atoms with Gasteiger partial charge >= 0.3 is 0 Å². The van der Waals surface area contributed by atoms with Crippen LogP contribution in [0.2, 0.25) is 0 Å². The Morgan fingerprint density at radius 3 is 2.89 bits per heavy atom. The molecule has 0 saturated carbocycles. The van der Waals surface area contributed by atoms with Crippen molar-refractivity contribution >= 4 is 32.2 Å². The molecule has 2 heterocycles.